The summed E-state index contributed by atoms with van der Waals surface area (Å²) in [4.78, 5) is 2.00. The first kappa shape index (κ1) is 9.78. The molecule has 1 aliphatic heterocycles. The molecule has 1 heterocycles. The Morgan fingerprint density at radius 1 is 1.13 bits per heavy atom. The van der Waals surface area contributed by atoms with Gasteiger partial charge in [-0.25, -0.2) is 0 Å². The van der Waals surface area contributed by atoms with E-state index in [-0.39, 0.29) is 0 Å². The van der Waals surface area contributed by atoms with Gasteiger partial charge in [0.15, 0.2) is 0 Å². The third-order valence-corrected chi connectivity index (χ3v) is 2.30. The first-order valence-electron chi connectivity index (χ1n) is 4.90. The van der Waals surface area contributed by atoms with E-state index in [1.807, 2.05) is 47.5 Å². The first-order chi connectivity index (χ1) is 7.40. The minimum atomic E-state index is 0.772. The van der Waals surface area contributed by atoms with Crippen LogP contribution in [0.3, 0.4) is 0 Å². The zero-order valence-corrected chi connectivity index (χ0v) is 8.38. The molecule has 2 nitrogen and oxygen atoms in total. The van der Waals surface area contributed by atoms with Gasteiger partial charge in [-0.2, -0.15) is 0 Å². The monoisotopic (exact) mass is 197 g/mol. The molecule has 0 fully saturated rings. The van der Waals surface area contributed by atoms with Crippen LogP contribution < -0.4 is 0 Å². The van der Waals surface area contributed by atoms with Crippen LogP contribution in [0.1, 0.15) is 5.56 Å². The fourth-order valence-electron chi connectivity index (χ4n) is 1.53. The number of hydrogen-bond donors (Lipinski definition) is 1. The van der Waals surface area contributed by atoms with Crippen molar-refractivity contribution in [1.82, 2.24) is 4.90 Å². The van der Waals surface area contributed by atoms with Gasteiger partial charge in [0.25, 0.3) is 0 Å². The summed E-state index contributed by atoms with van der Waals surface area (Å²) in [6.45, 7) is 0.772. The molecule has 1 aliphatic rings. The Morgan fingerprint density at radius 2 is 1.93 bits per heavy atom. The first-order valence-corrected chi connectivity index (χ1v) is 4.90. The maximum atomic E-state index is 9.05. The molecule has 0 saturated heterocycles. The molecule has 15 heavy (non-hydrogen) atoms. The van der Waals surface area contributed by atoms with E-state index < -0.39 is 0 Å². The van der Waals surface area contributed by atoms with Crippen LogP contribution in [0.4, 0.5) is 0 Å². The Kier molecular flexibility index (Phi) is 3.03. The number of nitrogens with zero attached hydrogens (tertiary/aromatic N) is 1. The standard InChI is InChI=1S/C12H12BNO/c15-13-12-8-4-5-9-14(12)10-11-6-2-1-3-7-11/h1-9,15H,10H2. The van der Waals surface area contributed by atoms with Gasteiger partial charge in [-0.15, -0.1) is 0 Å². The normalized spacial score (nSPS) is 16.8. The van der Waals surface area contributed by atoms with Crippen LogP contribution in [-0.4, -0.2) is 22.6 Å². The second-order valence-electron chi connectivity index (χ2n) is 3.37. The van der Waals surface area contributed by atoms with Gasteiger partial charge in [0, 0.05) is 0 Å². The molecule has 3 heteroatoms. The zero-order chi connectivity index (χ0) is 10.5. The van der Waals surface area contributed by atoms with Gasteiger partial charge >= 0.3 is 89.5 Å². The molecule has 0 atom stereocenters. The van der Waals surface area contributed by atoms with Crippen molar-refractivity contribution in [3.63, 3.8) is 0 Å². The van der Waals surface area contributed by atoms with Gasteiger partial charge in [-0.3, -0.25) is 0 Å². The van der Waals surface area contributed by atoms with Crippen LogP contribution in [0.15, 0.2) is 54.8 Å². The van der Waals surface area contributed by atoms with Gasteiger partial charge in [0.2, 0.25) is 0 Å². The van der Waals surface area contributed by atoms with Crippen LogP contribution in [0, 0.1) is 0 Å². The molecule has 1 aromatic rings. The fraction of sp³-hybridized carbons (Fsp3) is 0.0833. The summed E-state index contributed by atoms with van der Waals surface area (Å²) < 4.78 is 0. The summed E-state index contributed by atoms with van der Waals surface area (Å²) in [5.41, 5.74) is 2.03. The van der Waals surface area contributed by atoms with Crippen LogP contribution in [-0.2, 0) is 6.54 Å². The minimum absolute atomic E-state index is 0.772. The number of hydrogen-bond acceptors (Lipinski definition) is 2. The van der Waals surface area contributed by atoms with Crippen molar-refractivity contribution in [3.05, 3.63) is 60.3 Å². The molecular formula is C12H12BNO. The summed E-state index contributed by atoms with van der Waals surface area (Å²) >= 11 is 0. The molecule has 2 rings (SSSR count). The summed E-state index contributed by atoms with van der Waals surface area (Å²) in [5.74, 6) is 0. The second-order valence-corrected chi connectivity index (χ2v) is 3.37. The van der Waals surface area contributed by atoms with Crippen LogP contribution in [0.25, 0.3) is 0 Å². The van der Waals surface area contributed by atoms with Crippen LogP contribution >= 0.6 is 0 Å². The summed E-state index contributed by atoms with van der Waals surface area (Å²) in [6, 6.07) is 10.2. The van der Waals surface area contributed by atoms with Crippen molar-refractivity contribution >= 4 is 12.7 Å². The Bertz CT molecular complexity index is 409. The molecule has 0 aliphatic carbocycles. The van der Waals surface area contributed by atoms with E-state index in [0.717, 1.165) is 19.3 Å². The van der Waals surface area contributed by atoms with E-state index >= 15 is 0 Å². The summed E-state index contributed by atoms with van der Waals surface area (Å²) in [6.07, 6.45) is 7.69. The average molecular weight is 197 g/mol. The SMILES string of the molecule is OB=C1C=CC=CN1Cc1ccccc1. The van der Waals surface area contributed by atoms with Crippen molar-refractivity contribution in [3.8, 4) is 0 Å². The Balaban J connectivity index is 2.13. The van der Waals surface area contributed by atoms with Gasteiger partial charge in [-0.1, -0.05) is 0 Å². The van der Waals surface area contributed by atoms with Crippen LogP contribution in [0.5, 0.6) is 0 Å². The molecule has 0 radical (unpaired) electrons. The molecule has 74 valence electrons. The van der Waals surface area contributed by atoms with Crippen molar-refractivity contribution in [2.45, 2.75) is 6.54 Å². The Labute approximate surface area is 90.1 Å². The fourth-order valence-corrected chi connectivity index (χ4v) is 1.53. The molecule has 1 N–H and O–H groups in total. The van der Waals surface area contributed by atoms with E-state index in [1.165, 1.54) is 5.56 Å². The summed E-state index contributed by atoms with van der Waals surface area (Å²) in [5, 5.41) is 9.05. The predicted octanol–water partition coefficient (Wildman–Crippen LogP) is 1.31. The second kappa shape index (κ2) is 4.64. The number of allylic oxidation sites excluding steroid dienone is 2. The Hall–Kier alpha value is -1.77. The van der Waals surface area contributed by atoms with Gasteiger partial charge in [0.1, 0.15) is 0 Å². The predicted molar refractivity (Wildman–Crippen MR) is 63.2 cm³/mol. The number of rotatable bonds is 2. The molecule has 0 aromatic heterocycles. The van der Waals surface area contributed by atoms with Crippen molar-refractivity contribution < 1.29 is 5.02 Å². The maximum absolute atomic E-state index is 9.05. The molecule has 0 saturated carbocycles. The van der Waals surface area contributed by atoms with Gasteiger partial charge in [-0.05, 0) is 0 Å². The third-order valence-electron chi connectivity index (χ3n) is 2.30. The quantitative estimate of drug-likeness (QED) is 0.722. The number of benzene rings is 1. The van der Waals surface area contributed by atoms with E-state index in [2.05, 4.69) is 12.1 Å². The van der Waals surface area contributed by atoms with Crippen molar-refractivity contribution in [2.24, 2.45) is 0 Å². The molecule has 0 spiro atoms. The molecule has 0 amide bonds. The van der Waals surface area contributed by atoms with Crippen LogP contribution in [0.2, 0.25) is 0 Å². The van der Waals surface area contributed by atoms with Gasteiger partial charge in [0.05, 0.1) is 0 Å². The molecule has 1 aromatic carbocycles. The molecular weight excluding hydrogens is 185 g/mol. The van der Waals surface area contributed by atoms with Crippen molar-refractivity contribution in [1.29, 1.82) is 0 Å². The van der Waals surface area contributed by atoms with E-state index in [1.54, 1.807) is 0 Å². The molecule has 0 bridgehead atoms. The topological polar surface area (TPSA) is 23.5 Å². The van der Waals surface area contributed by atoms with E-state index in [4.69, 9.17) is 5.02 Å². The van der Waals surface area contributed by atoms with Crippen molar-refractivity contribution in [2.75, 3.05) is 0 Å². The van der Waals surface area contributed by atoms with E-state index in [0.29, 0.717) is 0 Å². The third kappa shape index (κ3) is 2.37. The van der Waals surface area contributed by atoms with E-state index in [9.17, 15) is 0 Å². The Morgan fingerprint density at radius 3 is 2.67 bits per heavy atom. The molecule has 0 unspecified atom stereocenters. The summed E-state index contributed by atoms with van der Waals surface area (Å²) in [7, 11) is 1.13. The zero-order valence-electron chi connectivity index (χ0n) is 8.38. The average Bonchev–Trinajstić information content (AvgIpc) is 2.31. The van der Waals surface area contributed by atoms with Gasteiger partial charge < -0.3 is 0 Å².